The predicted molar refractivity (Wildman–Crippen MR) is 77.6 cm³/mol. The van der Waals surface area contributed by atoms with Crippen molar-refractivity contribution in [2.24, 2.45) is 5.73 Å². The molecule has 0 bridgehead atoms. The minimum atomic E-state index is -0.839. The third kappa shape index (κ3) is 4.01. The van der Waals surface area contributed by atoms with Crippen molar-refractivity contribution < 1.29 is 13.9 Å². The Hall–Kier alpha value is -0.980. The highest BCUT2D eigenvalue weighted by Gasteiger charge is 2.23. The Morgan fingerprint density at radius 3 is 2.95 bits per heavy atom. The van der Waals surface area contributed by atoms with Gasteiger partial charge in [0.15, 0.2) is 0 Å². The summed E-state index contributed by atoms with van der Waals surface area (Å²) in [5.74, 6) is -1.05. The van der Waals surface area contributed by atoms with Gasteiger partial charge < -0.3 is 10.5 Å². The molecule has 1 aliphatic heterocycles. The molecule has 1 aromatic rings. The molecular weight excluding hydrogens is 327 g/mol. The normalized spacial score (nSPS) is 20.6. The van der Waals surface area contributed by atoms with Crippen molar-refractivity contribution in [3.8, 4) is 0 Å². The average Bonchev–Trinajstić information content (AvgIpc) is 2.42. The van der Waals surface area contributed by atoms with Crippen LogP contribution in [0.1, 0.15) is 30.9 Å². The topological polar surface area (TPSA) is 64.4 Å². The van der Waals surface area contributed by atoms with Gasteiger partial charge >= 0.3 is 0 Å². The molecule has 0 aliphatic carbocycles. The van der Waals surface area contributed by atoms with E-state index in [4.69, 9.17) is 10.5 Å². The van der Waals surface area contributed by atoms with Crippen molar-refractivity contribution >= 4 is 21.8 Å². The van der Waals surface area contributed by atoms with E-state index in [9.17, 15) is 9.18 Å². The maximum Gasteiger partial charge on any atom is 0.239 e. The molecule has 110 valence electrons. The summed E-state index contributed by atoms with van der Waals surface area (Å²) >= 11 is 3.19. The minimum absolute atomic E-state index is 0.0594. The van der Waals surface area contributed by atoms with Crippen molar-refractivity contribution in [2.75, 3.05) is 13.2 Å². The summed E-state index contributed by atoms with van der Waals surface area (Å²) < 4.78 is 20.1. The smallest absolute Gasteiger partial charge is 0.239 e. The van der Waals surface area contributed by atoms with Crippen LogP contribution in [-0.2, 0) is 9.53 Å². The summed E-state index contributed by atoms with van der Waals surface area (Å²) in [4.78, 5) is 11.6. The number of halogens is 2. The van der Waals surface area contributed by atoms with E-state index in [0.717, 1.165) is 25.9 Å². The van der Waals surface area contributed by atoms with Gasteiger partial charge in [-0.3, -0.25) is 10.1 Å². The van der Waals surface area contributed by atoms with E-state index in [2.05, 4.69) is 21.2 Å². The molecule has 1 aliphatic rings. The van der Waals surface area contributed by atoms with Crippen LogP contribution in [0.2, 0.25) is 0 Å². The Morgan fingerprint density at radius 2 is 2.35 bits per heavy atom. The fraction of sp³-hybridized carbons (Fsp3) is 0.500. The Morgan fingerprint density at radius 1 is 1.55 bits per heavy atom. The molecule has 2 rings (SSSR count). The second-order valence-electron chi connectivity index (χ2n) is 4.90. The lowest BCUT2D eigenvalue weighted by molar-refractivity contribution is -0.120. The summed E-state index contributed by atoms with van der Waals surface area (Å²) in [5.41, 5.74) is 5.63. The first-order valence-electron chi connectivity index (χ1n) is 6.67. The van der Waals surface area contributed by atoms with Gasteiger partial charge in [0, 0.05) is 23.2 Å². The zero-order valence-electron chi connectivity index (χ0n) is 11.1. The third-order valence-electron chi connectivity index (χ3n) is 3.38. The Labute approximate surface area is 126 Å². The lowest BCUT2D eigenvalue weighted by atomic mass is 10.0. The van der Waals surface area contributed by atoms with Gasteiger partial charge in [0.1, 0.15) is 11.9 Å². The number of nitrogens with two attached hydrogens (primary N) is 1. The fourth-order valence-corrected chi connectivity index (χ4v) is 2.65. The molecule has 4 nitrogen and oxygen atoms in total. The molecule has 0 radical (unpaired) electrons. The van der Waals surface area contributed by atoms with E-state index in [1.165, 1.54) is 6.07 Å². The molecule has 0 unspecified atom stereocenters. The van der Waals surface area contributed by atoms with Gasteiger partial charge in [-0.25, -0.2) is 4.39 Å². The Balaban J connectivity index is 2.04. The molecule has 2 atom stereocenters. The molecule has 1 heterocycles. The fourth-order valence-electron chi connectivity index (χ4n) is 2.32. The maximum absolute atomic E-state index is 13.9. The maximum atomic E-state index is 13.9. The van der Waals surface area contributed by atoms with Crippen molar-refractivity contribution in [3.05, 3.63) is 34.1 Å². The van der Waals surface area contributed by atoms with E-state index in [-0.39, 0.29) is 11.7 Å². The summed E-state index contributed by atoms with van der Waals surface area (Å²) in [5, 5.41) is 3.01. The standard InChI is InChI=1S/C14H18BrFN2O2/c15-9-4-5-11(12(16)7-9)13(14(17)19)18-8-10-3-1-2-6-20-10/h4-5,7,10,13,18H,1-3,6,8H2,(H2,17,19)/t10-,13-/m1/s1. The van der Waals surface area contributed by atoms with Crippen LogP contribution >= 0.6 is 15.9 Å². The molecule has 0 saturated carbocycles. The Bertz CT molecular complexity index is 478. The Kier molecular flexibility index (Phi) is 5.51. The number of amides is 1. The van der Waals surface area contributed by atoms with Gasteiger partial charge in [-0.05, 0) is 31.4 Å². The van der Waals surface area contributed by atoms with Crippen molar-refractivity contribution in [3.63, 3.8) is 0 Å². The number of carbonyl (C=O) groups is 1. The summed E-state index contributed by atoms with van der Waals surface area (Å²) in [6, 6.07) is 3.73. The highest BCUT2D eigenvalue weighted by Crippen LogP contribution is 2.21. The number of primary amides is 1. The molecule has 0 spiro atoms. The molecule has 1 fully saturated rings. The van der Waals surface area contributed by atoms with Gasteiger partial charge in [-0.2, -0.15) is 0 Å². The lowest BCUT2D eigenvalue weighted by Crippen LogP contribution is -2.40. The molecular formula is C14H18BrFN2O2. The average molecular weight is 345 g/mol. The molecule has 1 aromatic carbocycles. The highest BCUT2D eigenvalue weighted by molar-refractivity contribution is 9.10. The van der Waals surface area contributed by atoms with Crippen LogP contribution in [0.25, 0.3) is 0 Å². The second kappa shape index (κ2) is 7.15. The molecule has 3 N–H and O–H groups in total. The number of hydrogen-bond acceptors (Lipinski definition) is 3. The van der Waals surface area contributed by atoms with Crippen LogP contribution < -0.4 is 11.1 Å². The van der Waals surface area contributed by atoms with E-state index < -0.39 is 17.8 Å². The molecule has 1 saturated heterocycles. The van der Waals surface area contributed by atoms with Crippen LogP contribution in [0.3, 0.4) is 0 Å². The van der Waals surface area contributed by atoms with Crippen LogP contribution in [0, 0.1) is 5.82 Å². The van der Waals surface area contributed by atoms with Crippen LogP contribution in [0.5, 0.6) is 0 Å². The van der Waals surface area contributed by atoms with Crippen LogP contribution in [0.15, 0.2) is 22.7 Å². The van der Waals surface area contributed by atoms with E-state index in [0.29, 0.717) is 11.0 Å². The van der Waals surface area contributed by atoms with Gasteiger partial charge in [-0.1, -0.05) is 22.0 Å². The quantitative estimate of drug-likeness (QED) is 0.861. The van der Waals surface area contributed by atoms with Crippen LogP contribution in [-0.4, -0.2) is 25.2 Å². The zero-order valence-corrected chi connectivity index (χ0v) is 12.7. The largest absolute Gasteiger partial charge is 0.377 e. The van der Waals surface area contributed by atoms with Crippen molar-refractivity contribution in [2.45, 2.75) is 31.4 Å². The second-order valence-corrected chi connectivity index (χ2v) is 5.81. The molecule has 6 heteroatoms. The zero-order chi connectivity index (χ0) is 14.5. The van der Waals surface area contributed by atoms with E-state index in [1.807, 2.05) is 0 Å². The molecule has 20 heavy (non-hydrogen) atoms. The number of hydrogen-bond donors (Lipinski definition) is 2. The lowest BCUT2D eigenvalue weighted by Gasteiger charge is -2.25. The summed E-state index contributed by atoms with van der Waals surface area (Å²) in [6.07, 6.45) is 3.18. The first-order chi connectivity index (χ1) is 9.58. The van der Waals surface area contributed by atoms with Crippen LogP contribution in [0.4, 0.5) is 4.39 Å². The van der Waals surface area contributed by atoms with E-state index in [1.54, 1.807) is 12.1 Å². The van der Waals surface area contributed by atoms with Gasteiger partial charge in [0.2, 0.25) is 5.91 Å². The van der Waals surface area contributed by atoms with Crippen molar-refractivity contribution in [1.29, 1.82) is 0 Å². The van der Waals surface area contributed by atoms with Gasteiger partial charge in [0.25, 0.3) is 0 Å². The van der Waals surface area contributed by atoms with Gasteiger partial charge in [0.05, 0.1) is 6.10 Å². The first kappa shape index (κ1) is 15.4. The third-order valence-corrected chi connectivity index (χ3v) is 3.87. The first-order valence-corrected chi connectivity index (χ1v) is 7.46. The number of benzene rings is 1. The summed E-state index contributed by atoms with van der Waals surface area (Å²) in [6.45, 7) is 1.23. The predicted octanol–water partition coefficient (Wildman–Crippen LogP) is 2.27. The molecule has 0 aromatic heterocycles. The minimum Gasteiger partial charge on any atom is -0.377 e. The number of rotatable bonds is 5. The number of ether oxygens (including phenoxy) is 1. The van der Waals surface area contributed by atoms with Gasteiger partial charge in [-0.15, -0.1) is 0 Å². The summed E-state index contributed by atoms with van der Waals surface area (Å²) in [7, 11) is 0. The molecule has 1 amide bonds. The highest BCUT2D eigenvalue weighted by atomic mass is 79.9. The SMILES string of the molecule is NC(=O)[C@H](NC[C@H]1CCCCO1)c1ccc(Br)cc1F. The number of nitrogens with one attached hydrogen (secondary N) is 1. The number of carbonyl (C=O) groups excluding carboxylic acids is 1. The van der Waals surface area contributed by atoms with E-state index >= 15 is 0 Å². The monoisotopic (exact) mass is 344 g/mol. The van der Waals surface area contributed by atoms with Crippen molar-refractivity contribution in [1.82, 2.24) is 5.32 Å².